The van der Waals surface area contributed by atoms with Crippen molar-refractivity contribution in [2.45, 2.75) is 0 Å². The molecule has 11 aromatic rings. The van der Waals surface area contributed by atoms with E-state index < -0.39 is 0 Å². The number of rotatable bonds is 6. The molecule has 0 saturated carbocycles. The summed E-state index contributed by atoms with van der Waals surface area (Å²) in [6, 6.07) is 81.0. The Morgan fingerprint density at radius 2 is 0.696 bits per heavy atom. The summed E-state index contributed by atoms with van der Waals surface area (Å²) in [6.45, 7) is 0. The fourth-order valence-electron chi connectivity index (χ4n) is 8.50. The molecule has 0 atom stereocenters. The van der Waals surface area contributed by atoms with Crippen molar-refractivity contribution in [1.82, 2.24) is 9.13 Å². The van der Waals surface area contributed by atoms with Crippen LogP contribution >= 0.6 is 0 Å². The summed E-state index contributed by atoms with van der Waals surface area (Å²) in [4.78, 5) is 0. The highest BCUT2D eigenvalue weighted by molar-refractivity contribution is 6.10. The lowest BCUT2D eigenvalue weighted by Crippen LogP contribution is -1.94. The zero-order valence-electron chi connectivity index (χ0n) is 30.5. The van der Waals surface area contributed by atoms with Crippen LogP contribution in [0.2, 0.25) is 0 Å². The molecule has 2 heteroatoms. The smallest absolute Gasteiger partial charge is 0.0631 e. The Balaban J connectivity index is 0.975. The summed E-state index contributed by atoms with van der Waals surface area (Å²) in [5.74, 6) is 0. The Labute approximate surface area is 325 Å². The summed E-state index contributed by atoms with van der Waals surface area (Å²) in [5, 5.41) is 4.82. The molecule has 11 rings (SSSR count). The fourth-order valence-corrected chi connectivity index (χ4v) is 8.50. The van der Waals surface area contributed by atoms with Crippen molar-refractivity contribution < 1.29 is 0 Å². The number of nitrogens with zero attached hydrogens (tertiary/aromatic N) is 2. The molecule has 0 spiro atoms. The van der Waals surface area contributed by atoms with Gasteiger partial charge in [-0.25, -0.2) is 0 Å². The van der Waals surface area contributed by atoms with Crippen LogP contribution in [0.5, 0.6) is 0 Å². The van der Waals surface area contributed by atoms with Crippen LogP contribution in [-0.4, -0.2) is 9.13 Å². The van der Waals surface area contributed by atoms with E-state index in [0.29, 0.717) is 0 Å². The van der Waals surface area contributed by atoms with Crippen LogP contribution in [-0.2, 0) is 0 Å². The van der Waals surface area contributed by atoms with E-state index in [-0.39, 0.29) is 0 Å². The van der Waals surface area contributed by atoms with Crippen LogP contribution in [0.15, 0.2) is 206 Å². The van der Waals surface area contributed by atoms with Crippen LogP contribution < -0.4 is 0 Å². The van der Waals surface area contributed by atoms with Crippen LogP contribution in [0.25, 0.3) is 99.5 Å². The second kappa shape index (κ2) is 13.1. The van der Waals surface area contributed by atoms with Gasteiger partial charge in [0.05, 0.1) is 27.5 Å². The normalized spacial score (nSPS) is 11.4. The van der Waals surface area contributed by atoms with Crippen molar-refractivity contribution in [1.29, 1.82) is 0 Å². The number of hydrogen-bond donors (Lipinski definition) is 0. The molecule has 0 aliphatic heterocycles. The van der Waals surface area contributed by atoms with Gasteiger partial charge in [0.25, 0.3) is 0 Å². The molecule has 9 aromatic carbocycles. The van der Waals surface area contributed by atoms with E-state index in [1.165, 1.54) is 77.2 Å². The van der Waals surface area contributed by atoms with Gasteiger partial charge >= 0.3 is 0 Å². The monoisotopic (exact) mass is 710 g/mol. The Morgan fingerprint density at radius 3 is 1.30 bits per heavy atom. The zero-order chi connectivity index (χ0) is 37.0. The fraction of sp³-hybridized carbons (Fsp3) is 0. The van der Waals surface area contributed by atoms with Crippen molar-refractivity contribution in [3.63, 3.8) is 0 Å². The molecule has 0 aliphatic carbocycles. The Hall–Kier alpha value is -7.60. The third-order valence-electron chi connectivity index (χ3n) is 11.2. The van der Waals surface area contributed by atoms with Gasteiger partial charge in [0, 0.05) is 27.5 Å². The number of para-hydroxylation sites is 3. The maximum Gasteiger partial charge on any atom is 0.0631 e. The maximum atomic E-state index is 3.35. The molecule has 0 amide bonds. The lowest BCUT2D eigenvalue weighted by Gasteiger charge is -2.14. The topological polar surface area (TPSA) is 9.86 Å². The van der Waals surface area contributed by atoms with Crippen LogP contribution in [0.3, 0.4) is 0 Å². The second-order valence-electron chi connectivity index (χ2n) is 14.4. The average molecular weight is 711 g/mol. The Morgan fingerprint density at radius 1 is 0.286 bits per heavy atom. The molecular weight excluding hydrogens is 677 g/mol. The van der Waals surface area contributed by atoms with E-state index in [1.54, 1.807) is 0 Å². The van der Waals surface area contributed by atoms with E-state index in [4.69, 9.17) is 0 Å². The second-order valence-corrected chi connectivity index (χ2v) is 14.4. The van der Waals surface area contributed by atoms with Crippen LogP contribution in [0.1, 0.15) is 0 Å². The van der Waals surface area contributed by atoms with Gasteiger partial charge in [-0.1, -0.05) is 140 Å². The molecule has 0 unspecified atom stereocenters. The molecule has 0 N–H and O–H groups in total. The van der Waals surface area contributed by atoms with Gasteiger partial charge in [0.15, 0.2) is 0 Å². The Bertz CT molecular complexity index is 3110. The summed E-state index contributed by atoms with van der Waals surface area (Å²) < 4.78 is 4.69. The minimum atomic E-state index is 1.09. The van der Waals surface area contributed by atoms with E-state index >= 15 is 0 Å². The first kappa shape index (κ1) is 31.9. The summed E-state index contributed by atoms with van der Waals surface area (Å²) in [5.41, 5.74) is 16.5. The first-order valence-corrected chi connectivity index (χ1v) is 19.1. The third kappa shape index (κ3) is 5.29. The van der Waals surface area contributed by atoms with Crippen molar-refractivity contribution in [2.24, 2.45) is 0 Å². The molecule has 2 heterocycles. The third-order valence-corrected chi connectivity index (χ3v) is 11.2. The molecule has 2 nitrogen and oxygen atoms in total. The molecule has 0 fully saturated rings. The Kier molecular flexibility index (Phi) is 7.44. The summed E-state index contributed by atoms with van der Waals surface area (Å²) in [6.07, 6.45) is 0. The molecule has 0 aliphatic rings. The molecule has 0 bridgehead atoms. The van der Waals surface area contributed by atoms with Crippen molar-refractivity contribution >= 4 is 43.6 Å². The highest BCUT2D eigenvalue weighted by atomic mass is 15.0. The molecule has 260 valence electrons. The van der Waals surface area contributed by atoms with Gasteiger partial charge in [0.1, 0.15) is 0 Å². The number of hydrogen-bond acceptors (Lipinski definition) is 0. The minimum absolute atomic E-state index is 1.09. The maximum absolute atomic E-state index is 3.35. The molecule has 0 radical (unpaired) electrons. The molecule has 0 saturated heterocycles. The number of benzene rings is 8. The molecule has 2 aromatic heterocycles. The number of aromatic nitrogens is 2. The first-order valence-electron chi connectivity index (χ1n) is 19.1. The van der Waals surface area contributed by atoms with Crippen LogP contribution in [0, 0.1) is 12.1 Å². The average Bonchev–Trinajstić information content (AvgIpc) is 3.80. The SMILES string of the molecule is c1ccc2c(c#1)c1ccccc1n2-c1ccc(-c2cc(-c3ccccc3)cc(-c3cccc(-c4ccc(-n5c6ccccc6c6ccccc65)cc4)c3)c2)cc1. The predicted molar refractivity (Wildman–Crippen MR) is 235 cm³/mol. The first-order chi connectivity index (χ1) is 27.8. The van der Waals surface area contributed by atoms with Gasteiger partial charge in [-0.05, 0) is 123 Å². The van der Waals surface area contributed by atoms with Crippen LogP contribution in [0.4, 0.5) is 0 Å². The summed E-state index contributed by atoms with van der Waals surface area (Å²) >= 11 is 0. The van der Waals surface area contributed by atoms with E-state index in [0.717, 1.165) is 22.3 Å². The van der Waals surface area contributed by atoms with E-state index in [9.17, 15) is 0 Å². The molecular formula is C54H34N2. The van der Waals surface area contributed by atoms with Crippen molar-refractivity contribution in [3.05, 3.63) is 218 Å². The largest absolute Gasteiger partial charge is 0.309 e. The highest BCUT2D eigenvalue weighted by Gasteiger charge is 2.14. The number of fused-ring (bicyclic) bond motifs is 6. The van der Waals surface area contributed by atoms with Gasteiger partial charge in [0.2, 0.25) is 0 Å². The minimum Gasteiger partial charge on any atom is -0.309 e. The quantitative estimate of drug-likeness (QED) is 0.163. The van der Waals surface area contributed by atoms with Gasteiger partial charge in [-0.15, -0.1) is 0 Å². The van der Waals surface area contributed by atoms with Gasteiger partial charge in [-0.2, -0.15) is 0 Å². The summed E-state index contributed by atoms with van der Waals surface area (Å²) in [7, 11) is 0. The zero-order valence-corrected chi connectivity index (χ0v) is 30.5. The lowest BCUT2D eigenvalue weighted by molar-refractivity contribution is 1.18. The lowest BCUT2D eigenvalue weighted by atomic mass is 9.92. The van der Waals surface area contributed by atoms with Crippen molar-refractivity contribution in [3.8, 4) is 55.9 Å². The highest BCUT2D eigenvalue weighted by Crippen LogP contribution is 2.37. The van der Waals surface area contributed by atoms with Crippen molar-refractivity contribution in [2.75, 3.05) is 0 Å². The predicted octanol–water partition coefficient (Wildman–Crippen LogP) is 14.1. The van der Waals surface area contributed by atoms with E-state index in [1.807, 2.05) is 6.07 Å². The standard InChI is InChI=1S/C54H34N2/c1-2-13-37(14-3-1)42-34-43(39-27-31-46(32-28-39)56-53-23-10-6-19-49(53)50-20-7-11-24-54(50)56)36-44(35-42)41-16-12-15-40(33-41)38-25-29-45(30-26-38)55-51-21-8-4-17-47(51)48-18-5-9-22-52(48)55/h1-6,8-19,21-36H. The van der Waals surface area contributed by atoms with Gasteiger partial charge < -0.3 is 9.13 Å². The van der Waals surface area contributed by atoms with Gasteiger partial charge in [-0.3, -0.25) is 0 Å². The van der Waals surface area contributed by atoms with E-state index in [2.05, 4.69) is 221 Å². The molecule has 56 heavy (non-hydrogen) atoms.